The number of ether oxygens (including phenoxy) is 1. The Bertz CT molecular complexity index is 1110. The number of fused-ring (bicyclic) bond motifs is 1. The molecule has 0 saturated carbocycles. The third-order valence-corrected chi connectivity index (χ3v) is 6.62. The first-order valence-corrected chi connectivity index (χ1v) is 11.1. The summed E-state index contributed by atoms with van der Waals surface area (Å²) >= 11 is 0. The lowest BCUT2D eigenvalue weighted by molar-refractivity contribution is -0.125. The molecule has 5 rings (SSSR count). The average molecular weight is 420 g/mol. The van der Waals surface area contributed by atoms with Gasteiger partial charge >= 0.3 is 0 Å². The van der Waals surface area contributed by atoms with E-state index in [1.807, 2.05) is 43.0 Å². The number of rotatable bonds is 5. The van der Waals surface area contributed by atoms with E-state index in [0.29, 0.717) is 5.88 Å². The fourth-order valence-electron chi connectivity index (χ4n) is 4.90. The molecule has 2 aliphatic rings. The molecule has 2 fully saturated rings. The summed E-state index contributed by atoms with van der Waals surface area (Å²) in [5.74, 6) is 0.870. The Kier molecular flexibility index (Phi) is 4.93. The molecule has 1 N–H and O–H groups in total. The van der Waals surface area contributed by atoms with E-state index in [1.165, 1.54) is 0 Å². The predicted molar refractivity (Wildman–Crippen MR) is 121 cm³/mol. The number of carbonyl (C=O) groups excluding carboxylic acids is 1. The number of aromatic amines is 1. The van der Waals surface area contributed by atoms with Crippen LogP contribution in [-0.2, 0) is 4.79 Å². The lowest BCUT2D eigenvalue weighted by Gasteiger charge is -2.23. The first-order valence-electron chi connectivity index (χ1n) is 11.1. The number of nitrogens with one attached hydrogen (secondary N) is 1. The number of anilines is 1. The number of carbonyl (C=O) groups is 1. The maximum absolute atomic E-state index is 13.4. The zero-order chi connectivity index (χ0) is 21.6. The molecule has 1 aromatic carbocycles. The Morgan fingerprint density at radius 1 is 1.19 bits per heavy atom. The summed E-state index contributed by atoms with van der Waals surface area (Å²) in [4.78, 5) is 22.2. The van der Waals surface area contributed by atoms with Gasteiger partial charge in [-0.1, -0.05) is 6.92 Å². The highest BCUT2D eigenvalue weighted by Gasteiger charge is 2.50. The molecule has 2 aromatic heterocycles. The molecule has 1 unspecified atom stereocenters. The van der Waals surface area contributed by atoms with E-state index in [0.717, 1.165) is 66.9 Å². The normalized spacial score (nSPS) is 21.8. The third-order valence-electron chi connectivity index (χ3n) is 6.62. The van der Waals surface area contributed by atoms with Crippen molar-refractivity contribution in [2.75, 3.05) is 31.1 Å². The minimum absolute atomic E-state index is 0.0812. The van der Waals surface area contributed by atoms with Crippen molar-refractivity contribution >= 4 is 22.5 Å². The largest absolute Gasteiger partial charge is 0.475 e. The molecule has 2 aliphatic heterocycles. The monoisotopic (exact) mass is 419 g/mol. The lowest BCUT2D eigenvalue weighted by Crippen LogP contribution is -2.36. The van der Waals surface area contributed by atoms with Crippen LogP contribution in [0.2, 0.25) is 0 Å². The average Bonchev–Trinajstić information content (AvgIpc) is 3.46. The number of hydrogen-bond acceptors (Lipinski definition) is 5. The topological polar surface area (TPSA) is 74.3 Å². The summed E-state index contributed by atoms with van der Waals surface area (Å²) in [7, 11) is 0. The Morgan fingerprint density at radius 2 is 2.03 bits per heavy atom. The predicted octanol–water partition coefficient (Wildman–Crippen LogP) is 3.86. The van der Waals surface area contributed by atoms with E-state index in [-0.39, 0.29) is 17.4 Å². The van der Waals surface area contributed by atoms with Gasteiger partial charge in [0.05, 0.1) is 17.0 Å². The van der Waals surface area contributed by atoms with Gasteiger partial charge in [0.2, 0.25) is 11.8 Å². The van der Waals surface area contributed by atoms with Crippen LogP contribution in [0.25, 0.3) is 22.2 Å². The number of pyridine rings is 1. The van der Waals surface area contributed by atoms with Crippen molar-refractivity contribution in [1.29, 1.82) is 0 Å². The molecular formula is C24H29N5O2. The third kappa shape index (κ3) is 3.47. The van der Waals surface area contributed by atoms with Crippen LogP contribution in [0.15, 0.2) is 36.5 Å². The number of likely N-dealkylation sites (tertiary alicyclic amines) is 1. The number of H-pyrrole nitrogens is 1. The van der Waals surface area contributed by atoms with Gasteiger partial charge in [-0.15, -0.1) is 0 Å². The Morgan fingerprint density at radius 3 is 2.74 bits per heavy atom. The molecule has 4 heterocycles. The van der Waals surface area contributed by atoms with Gasteiger partial charge in [0.1, 0.15) is 5.69 Å². The minimum atomic E-state index is -0.208. The van der Waals surface area contributed by atoms with E-state index >= 15 is 0 Å². The van der Waals surface area contributed by atoms with Gasteiger partial charge < -0.3 is 14.5 Å². The SMILES string of the molecule is CCN1CCC2(CCN(c3ccc4[nH]nc(-c5ccc(OC(C)C)nc5)c4c3)C2=O)C1. The molecular weight excluding hydrogens is 390 g/mol. The molecule has 1 spiro atoms. The van der Waals surface area contributed by atoms with Crippen molar-refractivity contribution in [3.05, 3.63) is 36.5 Å². The Labute approximate surface area is 182 Å². The van der Waals surface area contributed by atoms with Crippen molar-refractivity contribution in [2.45, 2.75) is 39.7 Å². The van der Waals surface area contributed by atoms with Crippen LogP contribution in [0.5, 0.6) is 5.88 Å². The summed E-state index contributed by atoms with van der Waals surface area (Å²) in [6.07, 6.45) is 3.76. The number of amides is 1. The zero-order valence-electron chi connectivity index (χ0n) is 18.4. The van der Waals surface area contributed by atoms with Crippen molar-refractivity contribution in [2.24, 2.45) is 5.41 Å². The van der Waals surface area contributed by atoms with E-state index < -0.39 is 0 Å². The van der Waals surface area contributed by atoms with E-state index in [1.54, 1.807) is 6.20 Å². The second-order valence-corrected chi connectivity index (χ2v) is 8.96. The quantitative estimate of drug-likeness (QED) is 0.680. The van der Waals surface area contributed by atoms with Gasteiger partial charge in [-0.05, 0) is 64.0 Å². The molecule has 1 atom stereocenters. The standard InChI is InChI=1S/C24H29N5O2/c1-4-28-11-9-24(15-28)10-12-29(23(24)30)18-6-7-20-19(13-18)22(27-26-20)17-5-8-21(25-14-17)31-16(2)3/h5-8,13-14,16H,4,9-12,15H2,1-3H3,(H,26,27). The molecule has 2 saturated heterocycles. The summed E-state index contributed by atoms with van der Waals surface area (Å²) < 4.78 is 5.65. The van der Waals surface area contributed by atoms with E-state index in [4.69, 9.17) is 4.74 Å². The van der Waals surface area contributed by atoms with Gasteiger partial charge in [0.15, 0.2) is 0 Å². The Balaban J connectivity index is 1.44. The van der Waals surface area contributed by atoms with Gasteiger partial charge in [-0.25, -0.2) is 4.98 Å². The van der Waals surface area contributed by atoms with Crippen molar-refractivity contribution in [1.82, 2.24) is 20.1 Å². The zero-order valence-corrected chi connectivity index (χ0v) is 18.4. The van der Waals surface area contributed by atoms with E-state index in [2.05, 4.69) is 33.1 Å². The van der Waals surface area contributed by atoms with Gasteiger partial charge in [0, 0.05) is 42.0 Å². The second-order valence-electron chi connectivity index (χ2n) is 8.96. The molecule has 7 nitrogen and oxygen atoms in total. The maximum atomic E-state index is 13.4. The fraction of sp³-hybridized carbons (Fsp3) is 0.458. The fourth-order valence-corrected chi connectivity index (χ4v) is 4.90. The van der Waals surface area contributed by atoms with Crippen LogP contribution in [-0.4, -0.2) is 58.3 Å². The molecule has 0 bridgehead atoms. The molecule has 0 radical (unpaired) electrons. The molecule has 162 valence electrons. The van der Waals surface area contributed by atoms with E-state index in [9.17, 15) is 4.79 Å². The highest BCUT2D eigenvalue weighted by molar-refractivity contribution is 6.03. The van der Waals surface area contributed by atoms with Crippen LogP contribution >= 0.6 is 0 Å². The van der Waals surface area contributed by atoms with Crippen LogP contribution in [0, 0.1) is 5.41 Å². The molecule has 3 aromatic rings. The van der Waals surface area contributed by atoms with Gasteiger partial charge in [0.25, 0.3) is 0 Å². The second kappa shape index (κ2) is 7.64. The maximum Gasteiger partial charge on any atom is 0.234 e. The number of hydrogen-bond donors (Lipinski definition) is 1. The number of benzene rings is 1. The lowest BCUT2D eigenvalue weighted by atomic mass is 9.85. The Hall–Kier alpha value is -2.93. The van der Waals surface area contributed by atoms with Gasteiger partial charge in [-0.3, -0.25) is 9.89 Å². The summed E-state index contributed by atoms with van der Waals surface area (Å²) in [6.45, 7) is 9.81. The first-order chi connectivity index (χ1) is 15.0. The first kappa shape index (κ1) is 20.0. The van der Waals surface area contributed by atoms with Crippen molar-refractivity contribution in [3.63, 3.8) is 0 Å². The molecule has 0 aliphatic carbocycles. The molecule has 1 amide bonds. The number of nitrogens with zero attached hydrogens (tertiary/aromatic N) is 4. The summed E-state index contributed by atoms with van der Waals surface area (Å²) in [6, 6.07) is 9.95. The van der Waals surface area contributed by atoms with Crippen LogP contribution in [0.1, 0.15) is 33.6 Å². The van der Waals surface area contributed by atoms with Crippen LogP contribution in [0.4, 0.5) is 5.69 Å². The smallest absolute Gasteiger partial charge is 0.234 e. The highest BCUT2D eigenvalue weighted by atomic mass is 16.5. The van der Waals surface area contributed by atoms with Crippen LogP contribution < -0.4 is 9.64 Å². The minimum Gasteiger partial charge on any atom is -0.475 e. The molecule has 7 heteroatoms. The molecule has 31 heavy (non-hydrogen) atoms. The summed E-state index contributed by atoms with van der Waals surface area (Å²) in [5.41, 5.74) is 3.43. The van der Waals surface area contributed by atoms with Crippen molar-refractivity contribution < 1.29 is 9.53 Å². The highest BCUT2D eigenvalue weighted by Crippen LogP contribution is 2.43. The summed E-state index contributed by atoms with van der Waals surface area (Å²) in [5, 5.41) is 8.62. The van der Waals surface area contributed by atoms with Gasteiger partial charge in [-0.2, -0.15) is 5.10 Å². The van der Waals surface area contributed by atoms with Crippen LogP contribution in [0.3, 0.4) is 0 Å². The number of aromatic nitrogens is 3. The van der Waals surface area contributed by atoms with Crippen molar-refractivity contribution in [3.8, 4) is 17.1 Å².